The molecule has 1 N–H and O–H groups in total. The van der Waals surface area contributed by atoms with Crippen molar-refractivity contribution in [3.05, 3.63) is 29.8 Å². The van der Waals surface area contributed by atoms with E-state index in [0.717, 1.165) is 5.56 Å². The van der Waals surface area contributed by atoms with Gasteiger partial charge in [-0.3, -0.25) is 14.9 Å². The number of hydrogen-bond donors (Lipinski definition) is 1. The Bertz CT molecular complexity index is 669. The second-order valence-electron chi connectivity index (χ2n) is 7.04. The van der Waals surface area contributed by atoms with Gasteiger partial charge < -0.3 is 9.64 Å². The van der Waals surface area contributed by atoms with Gasteiger partial charge in [-0.2, -0.15) is 0 Å². The summed E-state index contributed by atoms with van der Waals surface area (Å²) in [5.74, 6) is 0.0456. The highest BCUT2D eigenvalue weighted by Gasteiger charge is 2.30. The van der Waals surface area contributed by atoms with Crippen molar-refractivity contribution < 1.29 is 19.1 Å². The van der Waals surface area contributed by atoms with Crippen LogP contribution in [0.25, 0.3) is 0 Å². The van der Waals surface area contributed by atoms with Gasteiger partial charge in [-0.25, -0.2) is 4.79 Å². The molecular weight excluding hydrogens is 340 g/mol. The molecular formula is C18H24N2O4S. The Morgan fingerprint density at radius 3 is 2.72 bits per heavy atom. The van der Waals surface area contributed by atoms with Crippen LogP contribution in [0.4, 0.5) is 10.5 Å². The van der Waals surface area contributed by atoms with Crippen LogP contribution in [-0.2, 0) is 20.9 Å². The molecule has 2 rings (SSSR count). The van der Waals surface area contributed by atoms with Crippen molar-refractivity contribution >= 4 is 34.6 Å². The van der Waals surface area contributed by atoms with E-state index in [-0.39, 0.29) is 16.3 Å². The van der Waals surface area contributed by atoms with Crippen molar-refractivity contribution in [2.45, 2.75) is 51.5 Å². The SMILES string of the molecule is CC(=O)SC1CC(=O)N(Cc2cccc(NC(=O)OC(C)(C)C)c2)C1. The smallest absolute Gasteiger partial charge is 0.412 e. The lowest BCUT2D eigenvalue weighted by Crippen LogP contribution is -2.27. The summed E-state index contributed by atoms with van der Waals surface area (Å²) in [4.78, 5) is 36.9. The maximum atomic E-state index is 12.1. The third-order valence-corrected chi connectivity index (χ3v) is 4.44. The van der Waals surface area contributed by atoms with Crippen molar-refractivity contribution in [2.75, 3.05) is 11.9 Å². The number of anilines is 1. The predicted octanol–water partition coefficient (Wildman–Crippen LogP) is 3.41. The van der Waals surface area contributed by atoms with Gasteiger partial charge in [0.25, 0.3) is 0 Å². The molecule has 1 aliphatic heterocycles. The summed E-state index contributed by atoms with van der Waals surface area (Å²) >= 11 is 1.22. The molecule has 6 nitrogen and oxygen atoms in total. The normalized spacial score (nSPS) is 17.5. The molecule has 0 aromatic heterocycles. The van der Waals surface area contributed by atoms with Gasteiger partial charge in [-0.1, -0.05) is 23.9 Å². The molecule has 0 spiro atoms. The lowest BCUT2D eigenvalue weighted by molar-refractivity contribution is -0.128. The third kappa shape index (κ3) is 6.42. The topological polar surface area (TPSA) is 75.7 Å². The zero-order chi connectivity index (χ0) is 18.6. The molecule has 1 aromatic rings. The van der Waals surface area contributed by atoms with Gasteiger partial charge in [-0.05, 0) is 38.5 Å². The van der Waals surface area contributed by atoms with E-state index in [1.165, 1.54) is 18.7 Å². The summed E-state index contributed by atoms with van der Waals surface area (Å²) in [5, 5.41) is 2.75. The summed E-state index contributed by atoms with van der Waals surface area (Å²) in [5.41, 5.74) is 0.969. The maximum Gasteiger partial charge on any atom is 0.412 e. The van der Waals surface area contributed by atoms with Gasteiger partial charge in [0.1, 0.15) is 5.60 Å². The summed E-state index contributed by atoms with van der Waals surface area (Å²) in [6, 6.07) is 7.32. The Labute approximate surface area is 152 Å². The number of carbonyl (C=O) groups is 3. The molecule has 1 fully saturated rings. The number of nitrogens with one attached hydrogen (secondary N) is 1. The number of thioether (sulfide) groups is 1. The van der Waals surface area contributed by atoms with E-state index in [1.54, 1.807) is 31.7 Å². The Kier molecular flexibility index (Phi) is 6.11. The van der Waals surface area contributed by atoms with E-state index in [0.29, 0.717) is 25.2 Å². The van der Waals surface area contributed by atoms with Gasteiger partial charge in [0.15, 0.2) is 5.12 Å². The first-order chi connectivity index (χ1) is 11.6. The number of ether oxygens (including phenoxy) is 1. The summed E-state index contributed by atoms with van der Waals surface area (Å²) in [6.45, 7) is 7.94. The van der Waals surface area contributed by atoms with Crippen molar-refractivity contribution in [3.63, 3.8) is 0 Å². The van der Waals surface area contributed by atoms with Gasteiger partial charge in [0, 0.05) is 37.4 Å². The third-order valence-electron chi connectivity index (χ3n) is 3.46. The van der Waals surface area contributed by atoms with Crippen LogP contribution in [0.15, 0.2) is 24.3 Å². The van der Waals surface area contributed by atoms with Crippen LogP contribution in [0.3, 0.4) is 0 Å². The molecule has 1 unspecified atom stereocenters. The van der Waals surface area contributed by atoms with E-state index in [1.807, 2.05) is 18.2 Å². The summed E-state index contributed by atoms with van der Waals surface area (Å²) in [6.07, 6.45) is -0.125. The van der Waals surface area contributed by atoms with E-state index in [4.69, 9.17) is 4.74 Å². The monoisotopic (exact) mass is 364 g/mol. The minimum absolute atomic E-state index is 0.0214. The first-order valence-electron chi connectivity index (χ1n) is 8.16. The van der Waals surface area contributed by atoms with Crippen LogP contribution in [0, 0.1) is 0 Å². The highest BCUT2D eigenvalue weighted by molar-refractivity contribution is 8.14. The second kappa shape index (κ2) is 7.91. The molecule has 136 valence electrons. The molecule has 7 heteroatoms. The first kappa shape index (κ1) is 19.3. The number of hydrogen-bond acceptors (Lipinski definition) is 5. The van der Waals surface area contributed by atoms with Crippen molar-refractivity contribution in [3.8, 4) is 0 Å². The fraction of sp³-hybridized carbons (Fsp3) is 0.500. The van der Waals surface area contributed by atoms with Crippen molar-refractivity contribution in [2.24, 2.45) is 0 Å². The van der Waals surface area contributed by atoms with E-state index < -0.39 is 11.7 Å². The number of amides is 2. The molecule has 1 saturated heterocycles. The molecule has 1 atom stereocenters. The minimum atomic E-state index is -0.562. The van der Waals surface area contributed by atoms with E-state index in [2.05, 4.69) is 5.32 Å². The number of nitrogens with zero attached hydrogens (tertiary/aromatic N) is 1. The quantitative estimate of drug-likeness (QED) is 0.886. The highest BCUT2D eigenvalue weighted by atomic mass is 32.2. The molecule has 2 amide bonds. The average molecular weight is 364 g/mol. The zero-order valence-electron chi connectivity index (χ0n) is 15.0. The lowest BCUT2D eigenvalue weighted by atomic mass is 10.2. The molecule has 0 saturated carbocycles. The molecule has 0 aliphatic carbocycles. The Morgan fingerprint density at radius 1 is 1.36 bits per heavy atom. The van der Waals surface area contributed by atoms with Crippen LogP contribution in [0.5, 0.6) is 0 Å². The molecule has 1 heterocycles. The van der Waals surface area contributed by atoms with Crippen molar-refractivity contribution in [1.82, 2.24) is 4.90 Å². The molecule has 1 aromatic carbocycles. The lowest BCUT2D eigenvalue weighted by Gasteiger charge is -2.20. The van der Waals surface area contributed by atoms with Crippen LogP contribution < -0.4 is 5.32 Å². The highest BCUT2D eigenvalue weighted by Crippen LogP contribution is 2.26. The summed E-state index contributed by atoms with van der Waals surface area (Å²) < 4.78 is 5.23. The second-order valence-corrected chi connectivity index (χ2v) is 8.51. The van der Waals surface area contributed by atoms with Gasteiger partial charge in [0.2, 0.25) is 5.91 Å². The number of carbonyl (C=O) groups excluding carboxylic acids is 3. The number of likely N-dealkylation sites (tertiary alicyclic amines) is 1. The maximum absolute atomic E-state index is 12.1. The van der Waals surface area contributed by atoms with Crippen LogP contribution in [-0.4, -0.2) is 39.4 Å². The minimum Gasteiger partial charge on any atom is -0.444 e. The Hall–Kier alpha value is -2.02. The van der Waals surface area contributed by atoms with E-state index in [9.17, 15) is 14.4 Å². The molecule has 0 bridgehead atoms. The molecule has 0 radical (unpaired) electrons. The summed E-state index contributed by atoms with van der Waals surface area (Å²) in [7, 11) is 0. The fourth-order valence-electron chi connectivity index (χ4n) is 2.59. The fourth-order valence-corrected chi connectivity index (χ4v) is 3.54. The van der Waals surface area contributed by atoms with Crippen molar-refractivity contribution in [1.29, 1.82) is 0 Å². The Morgan fingerprint density at radius 2 is 2.08 bits per heavy atom. The first-order valence-corrected chi connectivity index (χ1v) is 9.04. The van der Waals surface area contributed by atoms with Gasteiger partial charge in [-0.15, -0.1) is 0 Å². The zero-order valence-corrected chi connectivity index (χ0v) is 15.8. The largest absolute Gasteiger partial charge is 0.444 e. The molecule has 1 aliphatic rings. The van der Waals surface area contributed by atoms with Gasteiger partial charge >= 0.3 is 6.09 Å². The number of rotatable bonds is 4. The predicted molar refractivity (Wildman–Crippen MR) is 98.4 cm³/mol. The number of benzene rings is 1. The molecule has 25 heavy (non-hydrogen) atoms. The Balaban J connectivity index is 1.96. The van der Waals surface area contributed by atoms with Crippen LogP contribution in [0.1, 0.15) is 39.7 Å². The standard InChI is InChI=1S/C18H24N2O4S/c1-12(21)25-15-9-16(22)20(11-15)10-13-6-5-7-14(8-13)19-17(23)24-18(2,3)4/h5-8,15H,9-11H2,1-4H3,(H,19,23). The average Bonchev–Trinajstić information content (AvgIpc) is 2.75. The van der Waals surface area contributed by atoms with E-state index >= 15 is 0 Å². The van der Waals surface area contributed by atoms with Gasteiger partial charge in [0.05, 0.1) is 0 Å². The van der Waals surface area contributed by atoms with Crippen LogP contribution in [0.2, 0.25) is 0 Å². The van der Waals surface area contributed by atoms with Crippen LogP contribution >= 0.6 is 11.8 Å².